The molecule has 1 aromatic heterocycles. The molecular formula is C15H17F3N2O4. The van der Waals surface area contributed by atoms with Crippen LogP contribution in [0, 0.1) is 0 Å². The highest BCUT2D eigenvalue weighted by Crippen LogP contribution is 2.41. The fourth-order valence-corrected chi connectivity index (χ4v) is 2.38. The van der Waals surface area contributed by atoms with Crippen molar-refractivity contribution in [2.75, 3.05) is 0 Å². The molecule has 132 valence electrons. The first-order valence-electron chi connectivity index (χ1n) is 7.49. The summed E-state index contributed by atoms with van der Waals surface area (Å²) in [6.07, 6.45) is -5.03. The molecule has 1 aliphatic heterocycles. The number of ether oxygens (including phenoxy) is 2. The van der Waals surface area contributed by atoms with Crippen LogP contribution in [0.25, 0.3) is 0 Å². The molecule has 0 saturated heterocycles. The molecule has 2 aliphatic rings. The van der Waals surface area contributed by atoms with Crippen LogP contribution >= 0.6 is 0 Å². The second-order valence-electron chi connectivity index (χ2n) is 6.35. The van der Waals surface area contributed by atoms with E-state index in [1.54, 1.807) is 13.8 Å². The number of halogens is 3. The highest BCUT2D eigenvalue weighted by molar-refractivity contribution is 5.96. The minimum Gasteiger partial charge on any atom is -0.460 e. The van der Waals surface area contributed by atoms with Crippen LogP contribution in [0.15, 0.2) is 6.20 Å². The van der Waals surface area contributed by atoms with Crippen molar-refractivity contribution in [2.45, 2.75) is 57.4 Å². The molecular weight excluding hydrogens is 329 g/mol. The molecule has 2 heterocycles. The monoisotopic (exact) mass is 346 g/mol. The van der Waals surface area contributed by atoms with Crippen LogP contribution in [0.1, 0.15) is 54.4 Å². The number of aliphatic hydroxyl groups excluding tert-OH is 1. The van der Waals surface area contributed by atoms with Crippen molar-refractivity contribution in [3.8, 4) is 5.75 Å². The second-order valence-corrected chi connectivity index (χ2v) is 6.35. The van der Waals surface area contributed by atoms with E-state index in [9.17, 15) is 23.1 Å². The fourth-order valence-electron chi connectivity index (χ4n) is 2.38. The lowest BCUT2D eigenvalue weighted by Crippen LogP contribution is -2.38. The SMILES string of the molecule is CC1(C)OCc2c(C(O)C(F)(F)F)cnc(C(=O)NC3CC3)c2O1. The van der Waals surface area contributed by atoms with Gasteiger partial charge in [0.2, 0.25) is 5.79 Å². The molecule has 3 rings (SSSR count). The maximum absolute atomic E-state index is 12.9. The normalized spacial score (nSPS) is 20.8. The summed E-state index contributed by atoms with van der Waals surface area (Å²) in [6, 6.07) is 0.0586. The van der Waals surface area contributed by atoms with E-state index >= 15 is 0 Å². The summed E-state index contributed by atoms with van der Waals surface area (Å²) in [7, 11) is 0. The number of carbonyl (C=O) groups excluding carboxylic acids is 1. The van der Waals surface area contributed by atoms with Crippen LogP contribution < -0.4 is 10.1 Å². The molecule has 6 nitrogen and oxygen atoms in total. The van der Waals surface area contributed by atoms with Crippen molar-refractivity contribution >= 4 is 5.91 Å². The standard InChI is InChI=1S/C15H17F3N2O4/c1-14(2)23-6-9-8(12(21)15(16,17)18)5-19-10(11(9)24-14)13(22)20-7-3-4-7/h5,7,12,21H,3-4,6H2,1-2H3,(H,20,22). The van der Waals surface area contributed by atoms with Gasteiger partial charge in [-0.15, -0.1) is 0 Å². The molecule has 0 bridgehead atoms. The molecule has 0 spiro atoms. The quantitative estimate of drug-likeness (QED) is 0.877. The number of alkyl halides is 3. The lowest BCUT2D eigenvalue weighted by Gasteiger charge is -2.34. The third-order valence-electron chi connectivity index (χ3n) is 3.81. The van der Waals surface area contributed by atoms with Gasteiger partial charge >= 0.3 is 6.18 Å². The molecule has 1 aliphatic carbocycles. The molecule has 0 aromatic carbocycles. The van der Waals surface area contributed by atoms with Crippen molar-refractivity contribution in [1.29, 1.82) is 0 Å². The first-order chi connectivity index (χ1) is 11.1. The van der Waals surface area contributed by atoms with Crippen molar-refractivity contribution in [2.24, 2.45) is 0 Å². The zero-order valence-corrected chi connectivity index (χ0v) is 13.1. The van der Waals surface area contributed by atoms with Gasteiger partial charge in [-0.05, 0) is 12.8 Å². The number of pyridine rings is 1. The van der Waals surface area contributed by atoms with Crippen LogP contribution in [-0.4, -0.2) is 34.0 Å². The lowest BCUT2D eigenvalue weighted by atomic mass is 10.0. The summed E-state index contributed by atoms with van der Waals surface area (Å²) < 4.78 is 49.5. The number of rotatable bonds is 3. The zero-order chi connectivity index (χ0) is 17.7. The van der Waals surface area contributed by atoms with E-state index in [0.29, 0.717) is 0 Å². The van der Waals surface area contributed by atoms with Crippen LogP contribution in [0.5, 0.6) is 5.75 Å². The van der Waals surface area contributed by atoms with Gasteiger partial charge in [0.15, 0.2) is 17.5 Å². The summed E-state index contributed by atoms with van der Waals surface area (Å²) in [5.74, 6) is -1.71. The Morgan fingerprint density at radius 3 is 2.71 bits per heavy atom. The zero-order valence-electron chi connectivity index (χ0n) is 13.1. The first-order valence-corrected chi connectivity index (χ1v) is 7.49. The Bertz CT molecular complexity index is 671. The minimum atomic E-state index is -4.86. The molecule has 24 heavy (non-hydrogen) atoms. The summed E-state index contributed by atoms with van der Waals surface area (Å²) in [6.45, 7) is 2.92. The van der Waals surface area contributed by atoms with E-state index in [4.69, 9.17) is 9.47 Å². The smallest absolute Gasteiger partial charge is 0.418 e. The van der Waals surface area contributed by atoms with Gasteiger partial charge in [-0.1, -0.05) is 0 Å². The Balaban J connectivity index is 2.04. The number of aliphatic hydroxyl groups is 1. The summed E-state index contributed by atoms with van der Waals surface area (Å²) in [5, 5.41) is 12.3. The molecule has 1 unspecified atom stereocenters. The van der Waals surface area contributed by atoms with Gasteiger partial charge in [0.1, 0.15) is 0 Å². The first kappa shape index (κ1) is 17.0. The summed E-state index contributed by atoms with van der Waals surface area (Å²) in [4.78, 5) is 16.1. The maximum atomic E-state index is 12.9. The molecule has 1 amide bonds. The number of hydrogen-bond donors (Lipinski definition) is 2. The van der Waals surface area contributed by atoms with Gasteiger partial charge in [-0.3, -0.25) is 4.79 Å². The van der Waals surface area contributed by atoms with Gasteiger partial charge in [0.25, 0.3) is 5.91 Å². The second kappa shape index (κ2) is 5.59. The van der Waals surface area contributed by atoms with E-state index in [-0.39, 0.29) is 29.7 Å². The molecule has 9 heteroatoms. The van der Waals surface area contributed by atoms with E-state index in [1.165, 1.54) is 0 Å². The van der Waals surface area contributed by atoms with Crippen LogP contribution in [0.3, 0.4) is 0 Å². The highest BCUT2D eigenvalue weighted by Gasteiger charge is 2.44. The molecule has 1 atom stereocenters. The maximum Gasteiger partial charge on any atom is 0.418 e. The number of hydrogen-bond acceptors (Lipinski definition) is 5. The van der Waals surface area contributed by atoms with Crippen molar-refractivity contribution in [1.82, 2.24) is 10.3 Å². The van der Waals surface area contributed by atoms with E-state index < -0.39 is 29.5 Å². The summed E-state index contributed by atoms with van der Waals surface area (Å²) >= 11 is 0. The van der Waals surface area contributed by atoms with Crippen molar-refractivity contribution in [3.05, 3.63) is 23.0 Å². The third kappa shape index (κ3) is 3.32. The van der Waals surface area contributed by atoms with Crippen molar-refractivity contribution < 1.29 is 32.5 Å². The minimum absolute atomic E-state index is 0.0184. The number of fused-ring (bicyclic) bond motifs is 1. The summed E-state index contributed by atoms with van der Waals surface area (Å²) in [5.41, 5.74) is -0.600. The van der Waals surface area contributed by atoms with Gasteiger partial charge in [0, 0.05) is 37.2 Å². The van der Waals surface area contributed by atoms with Gasteiger partial charge in [-0.25, -0.2) is 4.98 Å². The predicted octanol–water partition coefficient (Wildman–Crippen LogP) is 2.21. The average Bonchev–Trinajstić information content (AvgIpc) is 3.27. The van der Waals surface area contributed by atoms with Gasteiger partial charge in [-0.2, -0.15) is 13.2 Å². The number of nitrogens with zero attached hydrogens (tertiary/aromatic N) is 1. The van der Waals surface area contributed by atoms with E-state index in [0.717, 1.165) is 19.0 Å². The highest BCUT2D eigenvalue weighted by atomic mass is 19.4. The fraction of sp³-hybridized carbons (Fsp3) is 0.600. The average molecular weight is 346 g/mol. The Labute approximate surface area is 136 Å². The van der Waals surface area contributed by atoms with Gasteiger partial charge in [0.05, 0.1) is 6.61 Å². The molecule has 1 aromatic rings. The molecule has 2 N–H and O–H groups in total. The number of aromatic nitrogens is 1. The Hall–Kier alpha value is -1.87. The van der Waals surface area contributed by atoms with E-state index in [2.05, 4.69) is 10.3 Å². The van der Waals surface area contributed by atoms with Crippen molar-refractivity contribution in [3.63, 3.8) is 0 Å². The van der Waals surface area contributed by atoms with Crippen LogP contribution in [0.2, 0.25) is 0 Å². The molecule has 1 fully saturated rings. The Morgan fingerprint density at radius 1 is 1.46 bits per heavy atom. The molecule has 0 radical (unpaired) electrons. The third-order valence-corrected chi connectivity index (χ3v) is 3.81. The number of amides is 1. The topological polar surface area (TPSA) is 80.7 Å². The lowest BCUT2D eigenvalue weighted by molar-refractivity contribution is -0.209. The van der Waals surface area contributed by atoms with Gasteiger partial charge < -0.3 is 19.9 Å². The largest absolute Gasteiger partial charge is 0.460 e. The Morgan fingerprint density at radius 2 is 2.12 bits per heavy atom. The number of nitrogens with one attached hydrogen (secondary N) is 1. The number of carbonyl (C=O) groups is 1. The Kier molecular flexibility index (Phi) is 3.95. The van der Waals surface area contributed by atoms with E-state index in [1.807, 2.05) is 0 Å². The van der Waals surface area contributed by atoms with Crippen LogP contribution in [0.4, 0.5) is 13.2 Å². The molecule has 1 saturated carbocycles. The predicted molar refractivity (Wildman–Crippen MR) is 75.2 cm³/mol. The van der Waals surface area contributed by atoms with Crippen LogP contribution in [-0.2, 0) is 11.3 Å².